The number of hydrogen-bond donors (Lipinski definition) is 2. The molecule has 1 fully saturated rings. The number of nitrogens with one attached hydrogen (secondary N) is 2. The number of benzene rings is 3. The molecule has 1 aliphatic heterocycles. The molecule has 0 radical (unpaired) electrons. The normalized spacial score (nSPS) is 15.5. The fourth-order valence-electron chi connectivity index (χ4n) is 2.91. The number of ether oxygens (including phenoxy) is 1. The van der Waals surface area contributed by atoms with Gasteiger partial charge in [0.1, 0.15) is 5.75 Å². The number of aryl methyl sites for hydroxylation is 1. The molecule has 0 bridgehead atoms. The highest BCUT2D eigenvalue weighted by atomic mass is 79.9. The van der Waals surface area contributed by atoms with Crippen molar-refractivity contribution in [1.29, 1.82) is 0 Å². The molecule has 3 aromatic rings. The Balaban J connectivity index is 1.33. The number of halogens is 1. The van der Waals surface area contributed by atoms with Crippen LogP contribution in [0.15, 0.2) is 87.2 Å². The van der Waals surface area contributed by atoms with Crippen molar-refractivity contribution in [1.82, 2.24) is 5.32 Å². The van der Waals surface area contributed by atoms with E-state index in [1.165, 1.54) is 11.8 Å². The summed E-state index contributed by atoms with van der Waals surface area (Å²) in [4.78, 5) is 29.4. The van der Waals surface area contributed by atoms with Crippen LogP contribution in [0, 0.1) is 6.92 Å². The number of rotatable bonds is 6. The van der Waals surface area contributed by atoms with Gasteiger partial charge in [-0.15, -0.1) is 0 Å². The highest BCUT2D eigenvalue weighted by Crippen LogP contribution is 2.28. The molecule has 6 nitrogen and oxygen atoms in total. The first-order valence-electron chi connectivity index (χ1n) is 10.1. The number of thioether (sulfide) groups is 1. The number of amidine groups is 1. The molecular weight excluding hydrogens is 502 g/mol. The van der Waals surface area contributed by atoms with Crippen molar-refractivity contribution >= 4 is 62.1 Å². The van der Waals surface area contributed by atoms with Crippen molar-refractivity contribution < 1.29 is 14.3 Å². The van der Waals surface area contributed by atoms with Crippen LogP contribution in [0.5, 0.6) is 5.75 Å². The molecule has 8 heteroatoms. The molecule has 0 unspecified atom stereocenters. The van der Waals surface area contributed by atoms with Gasteiger partial charge in [0.25, 0.3) is 11.8 Å². The molecule has 1 aliphatic rings. The molecule has 4 rings (SSSR count). The van der Waals surface area contributed by atoms with E-state index in [4.69, 9.17) is 4.74 Å². The maximum absolute atomic E-state index is 12.3. The summed E-state index contributed by atoms with van der Waals surface area (Å²) in [6, 6.07) is 22.3. The second-order valence-corrected chi connectivity index (χ2v) is 9.18. The Morgan fingerprint density at radius 2 is 1.76 bits per heavy atom. The van der Waals surface area contributed by atoms with Crippen molar-refractivity contribution in [3.63, 3.8) is 0 Å². The Labute approximate surface area is 204 Å². The third-order valence-electron chi connectivity index (χ3n) is 4.59. The van der Waals surface area contributed by atoms with Crippen LogP contribution in [0.3, 0.4) is 0 Å². The zero-order chi connectivity index (χ0) is 23.2. The fourth-order valence-corrected chi connectivity index (χ4v) is 4.01. The lowest BCUT2D eigenvalue weighted by Crippen LogP contribution is -2.20. The first kappa shape index (κ1) is 22.8. The molecule has 1 saturated heterocycles. The summed E-state index contributed by atoms with van der Waals surface area (Å²) in [5.74, 6) is 0.131. The monoisotopic (exact) mass is 521 g/mol. The molecule has 2 amide bonds. The van der Waals surface area contributed by atoms with Gasteiger partial charge >= 0.3 is 0 Å². The summed E-state index contributed by atoms with van der Waals surface area (Å²) in [6.07, 6.45) is 1.79. The van der Waals surface area contributed by atoms with Crippen molar-refractivity contribution in [2.45, 2.75) is 6.92 Å². The lowest BCUT2D eigenvalue weighted by Gasteiger charge is -2.08. The van der Waals surface area contributed by atoms with E-state index < -0.39 is 0 Å². The van der Waals surface area contributed by atoms with E-state index in [1.54, 1.807) is 30.3 Å². The topological polar surface area (TPSA) is 79.8 Å². The van der Waals surface area contributed by atoms with Crippen molar-refractivity contribution in [2.24, 2.45) is 4.99 Å². The average Bonchev–Trinajstić information content (AvgIpc) is 3.15. The van der Waals surface area contributed by atoms with E-state index in [0.29, 0.717) is 21.5 Å². The van der Waals surface area contributed by atoms with E-state index in [-0.39, 0.29) is 18.4 Å². The Morgan fingerprint density at radius 1 is 1.06 bits per heavy atom. The molecule has 3 aromatic carbocycles. The first-order chi connectivity index (χ1) is 15.9. The molecule has 0 aromatic heterocycles. The zero-order valence-electron chi connectivity index (χ0n) is 17.7. The standard InChI is InChI=1S/C25H20BrN3O3S/c1-16-2-8-20(9-3-16)28-25-29-24(31)22(33-25)14-17-4-12-21(13-5-17)32-15-23(30)27-19-10-6-18(26)7-11-19/h2-14H,15H2,1H3,(H,27,30)(H,28,29,31)/b22-14-. The number of anilines is 1. The Kier molecular flexibility index (Phi) is 7.26. The molecule has 1 heterocycles. The molecule has 0 saturated carbocycles. The first-order valence-corrected chi connectivity index (χ1v) is 11.7. The predicted molar refractivity (Wildman–Crippen MR) is 137 cm³/mol. The number of carbonyl (C=O) groups is 2. The van der Waals surface area contributed by atoms with E-state index in [2.05, 4.69) is 31.6 Å². The Morgan fingerprint density at radius 3 is 2.45 bits per heavy atom. The molecule has 0 spiro atoms. The van der Waals surface area contributed by atoms with Crippen LogP contribution in [0.2, 0.25) is 0 Å². The van der Waals surface area contributed by atoms with Gasteiger partial charge < -0.3 is 15.4 Å². The number of nitrogens with zero attached hydrogens (tertiary/aromatic N) is 1. The maximum Gasteiger partial charge on any atom is 0.264 e. The second kappa shape index (κ2) is 10.5. The van der Waals surface area contributed by atoms with Gasteiger partial charge in [0.2, 0.25) is 0 Å². The quantitative estimate of drug-likeness (QED) is 0.409. The zero-order valence-corrected chi connectivity index (χ0v) is 20.1. The lowest BCUT2D eigenvalue weighted by molar-refractivity contribution is -0.118. The molecule has 2 N–H and O–H groups in total. The maximum atomic E-state index is 12.3. The van der Waals surface area contributed by atoms with Crippen LogP contribution < -0.4 is 15.4 Å². The number of amides is 2. The van der Waals surface area contributed by atoms with Gasteiger partial charge in [0, 0.05) is 10.2 Å². The van der Waals surface area contributed by atoms with E-state index in [0.717, 1.165) is 21.3 Å². The highest BCUT2D eigenvalue weighted by Gasteiger charge is 2.23. The largest absolute Gasteiger partial charge is 0.484 e. The highest BCUT2D eigenvalue weighted by molar-refractivity contribution is 9.10. The van der Waals surface area contributed by atoms with Gasteiger partial charge in [0.05, 0.1) is 10.6 Å². The fraction of sp³-hybridized carbons (Fsp3) is 0.0800. The molecule has 0 aliphatic carbocycles. The molecule has 166 valence electrons. The van der Waals surface area contributed by atoms with Gasteiger partial charge in [-0.2, -0.15) is 0 Å². The minimum Gasteiger partial charge on any atom is -0.484 e. The Hall–Kier alpha value is -3.36. The minimum atomic E-state index is -0.247. The second-order valence-electron chi connectivity index (χ2n) is 7.23. The van der Waals surface area contributed by atoms with Gasteiger partial charge in [-0.3, -0.25) is 9.59 Å². The Bertz CT molecular complexity index is 1220. The van der Waals surface area contributed by atoms with Crippen molar-refractivity contribution in [3.8, 4) is 5.75 Å². The lowest BCUT2D eigenvalue weighted by atomic mass is 10.2. The van der Waals surface area contributed by atoms with E-state index in [9.17, 15) is 9.59 Å². The van der Waals surface area contributed by atoms with Crippen LogP contribution in [-0.2, 0) is 9.59 Å². The minimum absolute atomic E-state index is 0.104. The number of carbonyl (C=O) groups excluding carboxylic acids is 2. The van der Waals surface area contributed by atoms with Crippen LogP contribution in [0.4, 0.5) is 11.4 Å². The predicted octanol–water partition coefficient (Wildman–Crippen LogP) is 5.67. The molecule has 33 heavy (non-hydrogen) atoms. The summed E-state index contributed by atoms with van der Waals surface area (Å²) in [5.41, 5.74) is 3.48. The summed E-state index contributed by atoms with van der Waals surface area (Å²) < 4.78 is 6.50. The van der Waals surface area contributed by atoms with Gasteiger partial charge in [-0.1, -0.05) is 45.8 Å². The summed E-state index contributed by atoms with van der Waals surface area (Å²) in [5, 5.41) is 6.11. The van der Waals surface area contributed by atoms with Gasteiger partial charge in [0.15, 0.2) is 11.8 Å². The molecule has 0 atom stereocenters. The van der Waals surface area contributed by atoms with E-state index >= 15 is 0 Å². The smallest absolute Gasteiger partial charge is 0.264 e. The number of aliphatic imine (C=N–C) groups is 1. The van der Waals surface area contributed by atoms with Crippen LogP contribution in [-0.4, -0.2) is 23.6 Å². The third kappa shape index (κ3) is 6.57. The van der Waals surface area contributed by atoms with Crippen LogP contribution in [0.1, 0.15) is 11.1 Å². The van der Waals surface area contributed by atoms with E-state index in [1.807, 2.05) is 55.5 Å². The van der Waals surface area contributed by atoms with Crippen molar-refractivity contribution in [2.75, 3.05) is 11.9 Å². The van der Waals surface area contributed by atoms with Gasteiger partial charge in [-0.25, -0.2) is 4.99 Å². The third-order valence-corrected chi connectivity index (χ3v) is 6.03. The van der Waals surface area contributed by atoms with Crippen LogP contribution in [0.25, 0.3) is 6.08 Å². The average molecular weight is 522 g/mol. The summed E-state index contributed by atoms with van der Waals surface area (Å²) in [7, 11) is 0. The summed E-state index contributed by atoms with van der Waals surface area (Å²) >= 11 is 4.65. The molecular formula is C25H20BrN3O3S. The van der Waals surface area contributed by atoms with Crippen molar-refractivity contribution in [3.05, 3.63) is 93.3 Å². The summed E-state index contributed by atoms with van der Waals surface area (Å²) in [6.45, 7) is 1.91. The van der Waals surface area contributed by atoms with Crippen LogP contribution >= 0.6 is 27.7 Å². The van der Waals surface area contributed by atoms with Gasteiger partial charge in [-0.05, 0) is 78.9 Å². The number of hydrogen-bond acceptors (Lipinski definition) is 5. The SMILES string of the molecule is Cc1ccc(N=C2NC(=O)/C(=C/c3ccc(OCC(=O)Nc4ccc(Br)cc4)cc3)S2)cc1.